The summed E-state index contributed by atoms with van der Waals surface area (Å²) in [4.78, 5) is 4.39. The van der Waals surface area contributed by atoms with Crippen LogP contribution in [0.25, 0.3) is 11.5 Å². The summed E-state index contributed by atoms with van der Waals surface area (Å²) in [5.41, 5.74) is 6.67. The zero-order valence-corrected chi connectivity index (χ0v) is 13.0. The van der Waals surface area contributed by atoms with Gasteiger partial charge >= 0.3 is 0 Å². The fourth-order valence-corrected chi connectivity index (χ4v) is 1.84. The van der Waals surface area contributed by atoms with Crippen molar-refractivity contribution in [1.82, 2.24) is 10.1 Å². The van der Waals surface area contributed by atoms with Crippen molar-refractivity contribution in [3.63, 3.8) is 0 Å². The predicted molar refractivity (Wildman–Crippen MR) is 79.2 cm³/mol. The van der Waals surface area contributed by atoms with Crippen LogP contribution in [0.3, 0.4) is 0 Å². The summed E-state index contributed by atoms with van der Waals surface area (Å²) in [5, 5.41) is 3.98. The molecule has 1 aromatic heterocycles. The Kier molecular flexibility index (Phi) is 4.18. The van der Waals surface area contributed by atoms with Crippen LogP contribution in [0.5, 0.6) is 11.5 Å². The minimum Gasteiger partial charge on any atom is -0.497 e. The van der Waals surface area contributed by atoms with E-state index < -0.39 is 0 Å². The molecule has 0 fully saturated rings. The molecule has 0 saturated heterocycles. The minimum atomic E-state index is -0.313. The van der Waals surface area contributed by atoms with E-state index in [1.807, 2.05) is 20.8 Å². The van der Waals surface area contributed by atoms with E-state index >= 15 is 0 Å². The van der Waals surface area contributed by atoms with Crippen LogP contribution in [0.1, 0.15) is 32.6 Å². The lowest BCUT2D eigenvalue weighted by molar-refractivity contribution is 0.303. The van der Waals surface area contributed by atoms with Crippen molar-refractivity contribution in [3.05, 3.63) is 24.0 Å². The molecule has 2 N–H and O–H groups in total. The lowest BCUT2D eigenvalue weighted by atomic mass is 9.87. The van der Waals surface area contributed by atoms with Gasteiger partial charge in [-0.05, 0) is 23.6 Å². The maximum atomic E-state index is 6.15. The quantitative estimate of drug-likeness (QED) is 0.932. The first-order valence-electron chi connectivity index (χ1n) is 6.68. The average Bonchev–Trinajstić information content (AvgIpc) is 2.94. The van der Waals surface area contributed by atoms with E-state index in [-0.39, 0.29) is 11.5 Å². The van der Waals surface area contributed by atoms with Gasteiger partial charge in [-0.15, -0.1) is 0 Å². The summed E-state index contributed by atoms with van der Waals surface area (Å²) < 4.78 is 15.9. The van der Waals surface area contributed by atoms with Crippen molar-refractivity contribution >= 4 is 0 Å². The number of benzene rings is 1. The summed E-state index contributed by atoms with van der Waals surface area (Å²) >= 11 is 0. The molecule has 1 aromatic carbocycles. The fraction of sp³-hybridized carbons (Fsp3) is 0.467. The Bertz CT molecular complexity index is 617. The lowest BCUT2D eigenvalue weighted by Gasteiger charge is -2.23. The molecule has 2 rings (SSSR count). The van der Waals surface area contributed by atoms with Gasteiger partial charge in [-0.1, -0.05) is 25.9 Å². The summed E-state index contributed by atoms with van der Waals surface area (Å²) in [6.45, 7) is 6.08. The molecule has 1 unspecified atom stereocenters. The first-order valence-corrected chi connectivity index (χ1v) is 6.68. The number of ether oxygens (including phenoxy) is 2. The Morgan fingerprint density at radius 1 is 1.19 bits per heavy atom. The van der Waals surface area contributed by atoms with E-state index in [4.69, 9.17) is 19.7 Å². The number of methoxy groups -OCH3 is 2. The smallest absolute Gasteiger partial charge is 0.261 e. The molecule has 21 heavy (non-hydrogen) atoms. The molecule has 0 spiro atoms. The first kappa shape index (κ1) is 15.3. The Labute approximate surface area is 124 Å². The normalized spacial score (nSPS) is 13.0. The van der Waals surface area contributed by atoms with Crippen molar-refractivity contribution in [2.24, 2.45) is 11.1 Å². The van der Waals surface area contributed by atoms with Crippen LogP contribution in [-0.2, 0) is 0 Å². The van der Waals surface area contributed by atoms with E-state index in [1.54, 1.807) is 32.4 Å². The highest BCUT2D eigenvalue weighted by atomic mass is 16.5. The van der Waals surface area contributed by atoms with Gasteiger partial charge in [0.2, 0.25) is 0 Å². The standard InChI is InChI=1S/C15H21N3O3/c1-15(2,3)12(16)13-17-14(21-18-13)10-8-9(19-4)6-7-11(10)20-5/h6-8,12H,16H2,1-5H3. The number of rotatable bonds is 4. The number of nitrogens with zero attached hydrogens (tertiary/aromatic N) is 2. The van der Waals surface area contributed by atoms with Gasteiger partial charge in [0, 0.05) is 0 Å². The summed E-state index contributed by atoms with van der Waals surface area (Å²) in [5.74, 6) is 2.16. The van der Waals surface area contributed by atoms with Crippen LogP contribution in [0.4, 0.5) is 0 Å². The average molecular weight is 291 g/mol. The molecule has 114 valence electrons. The van der Waals surface area contributed by atoms with Gasteiger partial charge in [-0.25, -0.2) is 0 Å². The van der Waals surface area contributed by atoms with Gasteiger partial charge in [-0.2, -0.15) is 4.98 Å². The Balaban J connectivity index is 2.42. The highest BCUT2D eigenvalue weighted by molar-refractivity contribution is 5.65. The molecule has 0 radical (unpaired) electrons. The van der Waals surface area contributed by atoms with Gasteiger partial charge in [-0.3, -0.25) is 0 Å². The molecule has 6 heteroatoms. The third-order valence-electron chi connectivity index (χ3n) is 3.29. The SMILES string of the molecule is COc1ccc(OC)c(-c2nc(C(N)C(C)(C)C)no2)c1. The minimum absolute atomic E-state index is 0.153. The van der Waals surface area contributed by atoms with Crippen molar-refractivity contribution in [2.45, 2.75) is 26.8 Å². The number of hydrogen-bond donors (Lipinski definition) is 1. The second-order valence-corrected chi connectivity index (χ2v) is 5.87. The van der Waals surface area contributed by atoms with Crippen LogP contribution < -0.4 is 15.2 Å². The van der Waals surface area contributed by atoms with Crippen LogP contribution in [0.15, 0.2) is 22.7 Å². The third kappa shape index (κ3) is 3.16. The molecular weight excluding hydrogens is 270 g/mol. The van der Waals surface area contributed by atoms with Gasteiger partial charge in [0.05, 0.1) is 25.8 Å². The number of aromatic nitrogens is 2. The Morgan fingerprint density at radius 3 is 2.48 bits per heavy atom. The summed E-state index contributed by atoms with van der Waals surface area (Å²) in [6.07, 6.45) is 0. The third-order valence-corrected chi connectivity index (χ3v) is 3.29. The molecule has 0 saturated carbocycles. The molecule has 1 atom stereocenters. The molecule has 0 aliphatic heterocycles. The molecule has 0 bridgehead atoms. The summed E-state index contributed by atoms with van der Waals surface area (Å²) in [6, 6.07) is 5.08. The fourth-order valence-electron chi connectivity index (χ4n) is 1.84. The van der Waals surface area contributed by atoms with Crippen molar-refractivity contribution in [1.29, 1.82) is 0 Å². The second kappa shape index (κ2) is 5.73. The molecule has 6 nitrogen and oxygen atoms in total. The van der Waals surface area contributed by atoms with Crippen LogP contribution in [0.2, 0.25) is 0 Å². The van der Waals surface area contributed by atoms with E-state index in [9.17, 15) is 0 Å². The largest absolute Gasteiger partial charge is 0.497 e. The van der Waals surface area contributed by atoms with Gasteiger partial charge in [0.1, 0.15) is 11.5 Å². The summed E-state index contributed by atoms with van der Waals surface area (Å²) in [7, 11) is 3.18. The molecule has 0 aliphatic rings. The van der Waals surface area contributed by atoms with Crippen molar-refractivity contribution in [3.8, 4) is 23.0 Å². The van der Waals surface area contributed by atoms with Gasteiger partial charge in [0.15, 0.2) is 5.82 Å². The molecule has 2 aromatic rings. The van der Waals surface area contributed by atoms with Crippen LogP contribution in [0, 0.1) is 5.41 Å². The maximum Gasteiger partial charge on any atom is 0.261 e. The lowest BCUT2D eigenvalue weighted by Crippen LogP contribution is -2.27. The molecule has 0 aliphatic carbocycles. The van der Waals surface area contributed by atoms with E-state index in [0.717, 1.165) is 0 Å². The number of nitrogens with two attached hydrogens (primary N) is 1. The topological polar surface area (TPSA) is 83.4 Å². The van der Waals surface area contributed by atoms with Crippen molar-refractivity contribution in [2.75, 3.05) is 14.2 Å². The van der Waals surface area contributed by atoms with E-state index in [2.05, 4.69) is 10.1 Å². The number of hydrogen-bond acceptors (Lipinski definition) is 6. The Hall–Kier alpha value is -2.08. The molecular formula is C15H21N3O3. The molecule has 1 heterocycles. The van der Waals surface area contributed by atoms with Crippen LogP contribution in [-0.4, -0.2) is 24.4 Å². The predicted octanol–water partition coefficient (Wildman–Crippen LogP) is 2.80. The van der Waals surface area contributed by atoms with E-state index in [1.165, 1.54) is 0 Å². The van der Waals surface area contributed by atoms with E-state index in [0.29, 0.717) is 28.8 Å². The van der Waals surface area contributed by atoms with Crippen LogP contribution >= 0.6 is 0 Å². The van der Waals surface area contributed by atoms with Gasteiger partial charge < -0.3 is 19.7 Å². The highest BCUT2D eigenvalue weighted by Gasteiger charge is 2.27. The maximum absolute atomic E-state index is 6.15. The first-order chi connectivity index (χ1) is 9.86. The highest BCUT2D eigenvalue weighted by Crippen LogP contribution is 2.34. The van der Waals surface area contributed by atoms with Gasteiger partial charge in [0.25, 0.3) is 5.89 Å². The molecule has 0 amide bonds. The van der Waals surface area contributed by atoms with Crippen molar-refractivity contribution < 1.29 is 14.0 Å². The second-order valence-electron chi connectivity index (χ2n) is 5.87. The Morgan fingerprint density at radius 2 is 1.90 bits per heavy atom. The monoisotopic (exact) mass is 291 g/mol. The zero-order valence-electron chi connectivity index (χ0n) is 13.0. The zero-order chi connectivity index (χ0) is 15.6.